The number of rotatable bonds is 10. The second-order valence-corrected chi connectivity index (χ2v) is 7.93. The lowest BCUT2D eigenvalue weighted by molar-refractivity contribution is -0.0609. The van der Waals surface area contributed by atoms with E-state index in [0.29, 0.717) is 13.0 Å². The lowest BCUT2D eigenvalue weighted by Crippen LogP contribution is -2.29. The summed E-state index contributed by atoms with van der Waals surface area (Å²) < 4.78 is 17.4. The van der Waals surface area contributed by atoms with Gasteiger partial charge in [-0.2, -0.15) is 0 Å². The minimum Gasteiger partial charge on any atom is -0.488 e. The summed E-state index contributed by atoms with van der Waals surface area (Å²) >= 11 is 0. The van der Waals surface area contributed by atoms with Gasteiger partial charge < -0.3 is 19.3 Å². The Morgan fingerprint density at radius 1 is 0.875 bits per heavy atom. The summed E-state index contributed by atoms with van der Waals surface area (Å²) in [6.07, 6.45) is 1.43. The van der Waals surface area contributed by atoms with Crippen LogP contribution in [0.4, 0.5) is 0 Å². The van der Waals surface area contributed by atoms with Crippen molar-refractivity contribution in [1.82, 2.24) is 0 Å². The molecule has 0 saturated heterocycles. The number of aliphatic hydroxyl groups excluding tert-OH is 1. The second-order valence-electron chi connectivity index (χ2n) is 7.93. The molecule has 4 heteroatoms. The molecular weight excluding hydrogens is 304 g/mol. The summed E-state index contributed by atoms with van der Waals surface area (Å²) in [6, 6.07) is 7.98. The van der Waals surface area contributed by atoms with Crippen LogP contribution in [0.15, 0.2) is 24.3 Å². The molecule has 1 aromatic carbocycles. The van der Waals surface area contributed by atoms with Gasteiger partial charge >= 0.3 is 0 Å². The van der Waals surface area contributed by atoms with Crippen LogP contribution in [0.3, 0.4) is 0 Å². The van der Waals surface area contributed by atoms with E-state index in [2.05, 4.69) is 27.7 Å². The molecule has 0 aromatic heterocycles. The third-order valence-electron chi connectivity index (χ3n) is 4.38. The van der Waals surface area contributed by atoms with Crippen LogP contribution < -0.4 is 4.74 Å². The summed E-state index contributed by atoms with van der Waals surface area (Å²) in [5.74, 6) is 0.800. The first-order valence-electron chi connectivity index (χ1n) is 8.61. The zero-order chi connectivity index (χ0) is 18.4. The van der Waals surface area contributed by atoms with E-state index in [9.17, 15) is 0 Å². The van der Waals surface area contributed by atoms with Crippen LogP contribution in [-0.2, 0) is 15.1 Å². The molecule has 138 valence electrons. The van der Waals surface area contributed by atoms with Crippen molar-refractivity contribution in [2.45, 2.75) is 71.2 Å². The van der Waals surface area contributed by atoms with Crippen LogP contribution in [0.2, 0.25) is 0 Å². The largest absolute Gasteiger partial charge is 0.488 e. The monoisotopic (exact) mass is 338 g/mol. The topological polar surface area (TPSA) is 47.9 Å². The van der Waals surface area contributed by atoms with Gasteiger partial charge in [-0.15, -0.1) is 0 Å². The molecule has 0 heterocycles. The first-order valence-corrected chi connectivity index (χ1v) is 8.61. The highest BCUT2D eigenvalue weighted by molar-refractivity contribution is 5.30. The number of methoxy groups -OCH3 is 1. The molecule has 24 heavy (non-hydrogen) atoms. The molecule has 0 unspecified atom stereocenters. The molecule has 0 saturated carbocycles. The van der Waals surface area contributed by atoms with Gasteiger partial charge in [-0.3, -0.25) is 0 Å². The Hall–Kier alpha value is -1.10. The van der Waals surface area contributed by atoms with Crippen LogP contribution in [0.5, 0.6) is 5.75 Å². The predicted molar refractivity (Wildman–Crippen MR) is 97.5 cm³/mol. The van der Waals surface area contributed by atoms with Gasteiger partial charge in [0.1, 0.15) is 11.4 Å². The van der Waals surface area contributed by atoms with Crippen molar-refractivity contribution in [3.63, 3.8) is 0 Å². The van der Waals surface area contributed by atoms with Crippen LogP contribution in [-0.4, -0.2) is 36.6 Å². The lowest BCUT2D eigenvalue weighted by Gasteiger charge is -2.30. The summed E-state index contributed by atoms with van der Waals surface area (Å²) in [4.78, 5) is 0. The average Bonchev–Trinajstić information content (AvgIpc) is 2.46. The molecule has 0 aliphatic rings. The number of hydrogen-bond acceptors (Lipinski definition) is 4. The molecule has 0 amide bonds. The Morgan fingerprint density at radius 3 is 1.96 bits per heavy atom. The standard InChI is InChI=1S/C20H34O4/c1-18(2,22-7)13-15-23-20(5,6)16-8-10-17(11-9-16)24-19(3,4)12-14-21/h8-11,21H,12-15H2,1-7H3. The van der Waals surface area contributed by atoms with E-state index in [4.69, 9.17) is 19.3 Å². The zero-order valence-corrected chi connectivity index (χ0v) is 16.3. The molecule has 4 nitrogen and oxygen atoms in total. The maximum absolute atomic E-state index is 9.08. The number of ether oxygens (including phenoxy) is 3. The van der Waals surface area contributed by atoms with Gasteiger partial charge in [-0.05, 0) is 65.7 Å². The van der Waals surface area contributed by atoms with Crippen LogP contribution >= 0.6 is 0 Å². The first kappa shape index (κ1) is 20.9. The van der Waals surface area contributed by atoms with E-state index in [0.717, 1.165) is 17.7 Å². The highest BCUT2D eigenvalue weighted by Crippen LogP contribution is 2.29. The fraction of sp³-hybridized carbons (Fsp3) is 0.700. The van der Waals surface area contributed by atoms with Crippen molar-refractivity contribution in [1.29, 1.82) is 0 Å². The average molecular weight is 338 g/mol. The minimum atomic E-state index is -0.381. The third-order valence-corrected chi connectivity index (χ3v) is 4.38. The van der Waals surface area contributed by atoms with Crippen molar-refractivity contribution >= 4 is 0 Å². The number of aliphatic hydroxyl groups is 1. The number of hydrogen-bond donors (Lipinski definition) is 1. The van der Waals surface area contributed by atoms with Crippen molar-refractivity contribution in [3.8, 4) is 5.75 Å². The smallest absolute Gasteiger partial charge is 0.120 e. The summed E-state index contributed by atoms with van der Waals surface area (Å²) in [7, 11) is 1.72. The number of benzene rings is 1. The highest BCUT2D eigenvalue weighted by atomic mass is 16.5. The normalized spacial score (nSPS) is 13.2. The van der Waals surface area contributed by atoms with E-state index in [1.165, 1.54) is 0 Å². The first-order chi connectivity index (χ1) is 11.0. The molecule has 0 atom stereocenters. The van der Waals surface area contributed by atoms with Gasteiger partial charge in [0.25, 0.3) is 0 Å². The fourth-order valence-corrected chi connectivity index (χ4v) is 2.30. The Balaban J connectivity index is 2.66. The Kier molecular flexibility index (Phi) is 7.26. The van der Waals surface area contributed by atoms with Gasteiger partial charge in [0, 0.05) is 20.1 Å². The van der Waals surface area contributed by atoms with Gasteiger partial charge in [0.2, 0.25) is 0 Å². The highest BCUT2D eigenvalue weighted by Gasteiger charge is 2.24. The maximum atomic E-state index is 9.08. The van der Waals surface area contributed by atoms with Crippen molar-refractivity contribution in [2.24, 2.45) is 0 Å². The summed E-state index contributed by atoms with van der Waals surface area (Å²) in [5, 5.41) is 9.08. The van der Waals surface area contributed by atoms with E-state index in [1.807, 2.05) is 38.1 Å². The predicted octanol–water partition coefficient (Wildman–Crippen LogP) is 4.29. The third kappa shape index (κ3) is 6.80. The maximum Gasteiger partial charge on any atom is 0.120 e. The zero-order valence-electron chi connectivity index (χ0n) is 16.3. The van der Waals surface area contributed by atoms with E-state index in [1.54, 1.807) is 7.11 Å². The fourth-order valence-electron chi connectivity index (χ4n) is 2.30. The van der Waals surface area contributed by atoms with Gasteiger partial charge in [-0.25, -0.2) is 0 Å². The molecule has 0 spiro atoms. The molecule has 1 rings (SSSR count). The Bertz CT molecular complexity index is 489. The van der Waals surface area contributed by atoms with Crippen molar-refractivity contribution in [3.05, 3.63) is 29.8 Å². The molecule has 1 aromatic rings. The SMILES string of the molecule is COC(C)(C)CCOC(C)(C)c1ccc(OC(C)(C)CCO)cc1. The molecule has 0 radical (unpaired) electrons. The summed E-state index contributed by atoms with van der Waals surface area (Å²) in [6.45, 7) is 13.0. The quantitative estimate of drug-likeness (QED) is 0.691. The molecule has 0 fully saturated rings. The van der Waals surface area contributed by atoms with Crippen molar-refractivity contribution < 1.29 is 19.3 Å². The van der Waals surface area contributed by atoms with Crippen LogP contribution in [0.25, 0.3) is 0 Å². The Morgan fingerprint density at radius 2 is 1.46 bits per heavy atom. The molecule has 1 N–H and O–H groups in total. The van der Waals surface area contributed by atoms with E-state index in [-0.39, 0.29) is 23.4 Å². The molecular formula is C20H34O4. The minimum absolute atomic E-state index is 0.115. The van der Waals surface area contributed by atoms with Crippen LogP contribution in [0, 0.1) is 0 Å². The Labute approximate surface area is 147 Å². The van der Waals surface area contributed by atoms with E-state index < -0.39 is 0 Å². The lowest BCUT2D eigenvalue weighted by atomic mass is 9.97. The van der Waals surface area contributed by atoms with Crippen molar-refractivity contribution in [2.75, 3.05) is 20.3 Å². The molecule has 0 aliphatic carbocycles. The van der Waals surface area contributed by atoms with Gasteiger partial charge in [0.05, 0.1) is 17.8 Å². The second kappa shape index (κ2) is 8.32. The molecule has 0 bridgehead atoms. The summed E-state index contributed by atoms with van der Waals surface area (Å²) in [5.41, 5.74) is 0.174. The van der Waals surface area contributed by atoms with E-state index >= 15 is 0 Å². The van der Waals surface area contributed by atoms with Crippen LogP contribution in [0.1, 0.15) is 59.9 Å². The van der Waals surface area contributed by atoms with Gasteiger partial charge in [-0.1, -0.05) is 12.1 Å². The van der Waals surface area contributed by atoms with Gasteiger partial charge in [0.15, 0.2) is 0 Å². The molecule has 0 aliphatic heterocycles.